The van der Waals surface area contributed by atoms with Gasteiger partial charge in [-0.15, -0.1) is 0 Å². The molecule has 0 spiro atoms. The van der Waals surface area contributed by atoms with Crippen LogP contribution < -0.4 is 0 Å². The average Bonchev–Trinajstić information content (AvgIpc) is 1.88. The SMILES string of the molecule is CCC(C)CC(O)CCO. The third-order valence-corrected chi connectivity index (χ3v) is 1.83. The van der Waals surface area contributed by atoms with Crippen molar-refractivity contribution in [3.63, 3.8) is 0 Å². The predicted octanol–water partition coefficient (Wildman–Crippen LogP) is 1.17. The third kappa shape index (κ3) is 4.77. The van der Waals surface area contributed by atoms with Gasteiger partial charge >= 0.3 is 0 Å². The molecule has 0 radical (unpaired) electrons. The van der Waals surface area contributed by atoms with Crippen molar-refractivity contribution in [2.24, 2.45) is 5.92 Å². The van der Waals surface area contributed by atoms with Gasteiger partial charge < -0.3 is 10.2 Å². The first kappa shape index (κ1) is 9.92. The second-order valence-corrected chi connectivity index (χ2v) is 2.92. The number of hydrogen-bond donors (Lipinski definition) is 2. The van der Waals surface area contributed by atoms with Crippen molar-refractivity contribution in [3.8, 4) is 0 Å². The van der Waals surface area contributed by atoms with Crippen LogP contribution in [0.15, 0.2) is 0 Å². The lowest BCUT2D eigenvalue weighted by Gasteiger charge is -2.12. The molecular weight excluding hydrogens is 128 g/mol. The van der Waals surface area contributed by atoms with E-state index in [-0.39, 0.29) is 12.7 Å². The molecule has 0 bridgehead atoms. The topological polar surface area (TPSA) is 40.5 Å². The Kier molecular flexibility index (Phi) is 5.64. The van der Waals surface area contributed by atoms with Gasteiger partial charge in [0.1, 0.15) is 0 Å². The van der Waals surface area contributed by atoms with Gasteiger partial charge in [0, 0.05) is 6.61 Å². The van der Waals surface area contributed by atoms with Gasteiger partial charge in [-0.1, -0.05) is 20.3 Å². The van der Waals surface area contributed by atoms with Crippen LogP contribution in [0.2, 0.25) is 0 Å². The monoisotopic (exact) mass is 146 g/mol. The summed E-state index contributed by atoms with van der Waals surface area (Å²) in [5.41, 5.74) is 0. The lowest BCUT2D eigenvalue weighted by Crippen LogP contribution is -2.12. The summed E-state index contributed by atoms with van der Waals surface area (Å²) >= 11 is 0. The van der Waals surface area contributed by atoms with E-state index in [1.165, 1.54) is 0 Å². The van der Waals surface area contributed by atoms with E-state index in [4.69, 9.17) is 5.11 Å². The molecule has 0 aromatic rings. The molecule has 0 heterocycles. The second kappa shape index (κ2) is 5.69. The Morgan fingerprint density at radius 2 is 2.00 bits per heavy atom. The predicted molar refractivity (Wildman–Crippen MR) is 41.8 cm³/mol. The van der Waals surface area contributed by atoms with Gasteiger partial charge in [-0.3, -0.25) is 0 Å². The van der Waals surface area contributed by atoms with Gasteiger partial charge in [0.2, 0.25) is 0 Å². The van der Waals surface area contributed by atoms with Gasteiger partial charge in [0.15, 0.2) is 0 Å². The molecule has 0 amide bonds. The zero-order chi connectivity index (χ0) is 7.98. The Morgan fingerprint density at radius 1 is 1.40 bits per heavy atom. The minimum atomic E-state index is -0.306. The van der Waals surface area contributed by atoms with Crippen molar-refractivity contribution in [2.75, 3.05) is 6.61 Å². The highest BCUT2D eigenvalue weighted by Gasteiger charge is 2.07. The highest BCUT2D eigenvalue weighted by Crippen LogP contribution is 2.11. The molecule has 0 fully saturated rings. The maximum absolute atomic E-state index is 9.19. The van der Waals surface area contributed by atoms with Crippen LogP contribution in [0, 0.1) is 5.92 Å². The second-order valence-electron chi connectivity index (χ2n) is 2.92. The summed E-state index contributed by atoms with van der Waals surface area (Å²) in [6.07, 6.45) is 2.13. The molecule has 0 saturated carbocycles. The molecule has 0 rings (SSSR count). The third-order valence-electron chi connectivity index (χ3n) is 1.83. The van der Waals surface area contributed by atoms with Gasteiger partial charge in [-0.05, 0) is 18.8 Å². The van der Waals surface area contributed by atoms with Crippen molar-refractivity contribution >= 4 is 0 Å². The van der Waals surface area contributed by atoms with E-state index in [0.717, 1.165) is 12.8 Å². The fraction of sp³-hybridized carbons (Fsp3) is 1.00. The summed E-state index contributed by atoms with van der Waals surface area (Å²) in [6, 6.07) is 0. The fourth-order valence-electron chi connectivity index (χ4n) is 0.898. The molecule has 0 aliphatic rings. The lowest BCUT2D eigenvalue weighted by molar-refractivity contribution is 0.110. The quantitative estimate of drug-likeness (QED) is 0.611. The summed E-state index contributed by atoms with van der Waals surface area (Å²) in [7, 11) is 0. The van der Waals surface area contributed by atoms with Crippen LogP contribution in [0.1, 0.15) is 33.1 Å². The van der Waals surface area contributed by atoms with Crippen molar-refractivity contribution in [1.82, 2.24) is 0 Å². The first-order chi connectivity index (χ1) is 4.70. The highest BCUT2D eigenvalue weighted by atomic mass is 16.3. The Bertz CT molecular complexity index is 73.7. The van der Waals surface area contributed by atoms with Crippen LogP contribution in [0.4, 0.5) is 0 Å². The van der Waals surface area contributed by atoms with Gasteiger partial charge in [0.25, 0.3) is 0 Å². The summed E-state index contributed by atoms with van der Waals surface area (Å²) in [4.78, 5) is 0. The minimum Gasteiger partial charge on any atom is -0.396 e. The van der Waals surface area contributed by atoms with Gasteiger partial charge in [0.05, 0.1) is 6.10 Å². The fourth-order valence-corrected chi connectivity index (χ4v) is 0.898. The molecule has 10 heavy (non-hydrogen) atoms. The summed E-state index contributed by atoms with van der Waals surface area (Å²) in [5, 5.41) is 17.7. The van der Waals surface area contributed by atoms with Crippen LogP contribution in [-0.4, -0.2) is 22.9 Å². The normalized spacial score (nSPS) is 16.8. The van der Waals surface area contributed by atoms with Crippen molar-refractivity contribution in [3.05, 3.63) is 0 Å². The van der Waals surface area contributed by atoms with Crippen molar-refractivity contribution in [2.45, 2.75) is 39.2 Å². The Balaban J connectivity index is 3.27. The minimum absolute atomic E-state index is 0.0948. The van der Waals surface area contributed by atoms with Crippen LogP contribution in [-0.2, 0) is 0 Å². The van der Waals surface area contributed by atoms with E-state index in [1.54, 1.807) is 0 Å². The molecule has 0 aliphatic carbocycles. The molecule has 0 saturated heterocycles. The maximum atomic E-state index is 9.19. The first-order valence-corrected chi connectivity index (χ1v) is 3.99. The molecule has 0 aromatic carbocycles. The zero-order valence-corrected chi connectivity index (χ0v) is 6.88. The Labute approximate surface area is 62.9 Å². The summed E-state index contributed by atoms with van der Waals surface area (Å²) in [6.45, 7) is 4.31. The van der Waals surface area contributed by atoms with Gasteiger partial charge in [-0.2, -0.15) is 0 Å². The summed E-state index contributed by atoms with van der Waals surface area (Å²) < 4.78 is 0. The lowest BCUT2D eigenvalue weighted by atomic mass is 10.00. The molecule has 0 aromatic heterocycles. The van der Waals surface area contributed by atoms with Crippen LogP contribution in [0.25, 0.3) is 0 Å². The van der Waals surface area contributed by atoms with E-state index in [0.29, 0.717) is 12.3 Å². The Hall–Kier alpha value is -0.0800. The number of aliphatic hydroxyl groups excluding tert-OH is 2. The van der Waals surface area contributed by atoms with E-state index in [9.17, 15) is 5.11 Å². The van der Waals surface area contributed by atoms with Crippen LogP contribution in [0.5, 0.6) is 0 Å². The standard InChI is InChI=1S/C8H18O2/c1-3-7(2)6-8(10)4-5-9/h7-10H,3-6H2,1-2H3. The smallest absolute Gasteiger partial charge is 0.0564 e. The zero-order valence-electron chi connectivity index (χ0n) is 6.88. The molecule has 2 nitrogen and oxygen atoms in total. The maximum Gasteiger partial charge on any atom is 0.0564 e. The highest BCUT2D eigenvalue weighted by molar-refractivity contribution is 4.59. The van der Waals surface area contributed by atoms with E-state index in [2.05, 4.69) is 13.8 Å². The molecule has 2 heteroatoms. The first-order valence-electron chi connectivity index (χ1n) is 3.99. The van der Waals surface area contributed by atoms with Gasteiger partial charge in [-0.25, -0.2) is 0 Å². The van der Waals surface area contributed by atoms with Crippen LogP contribution >= 0.6 is 0 Å². The average molecular weight is 146 g/mol. The molecule has 62 valence electrons. The summed E-state index contributed by atoms with van der Waals surface area (Å²) in [5.74, 6) is 0.571. The van der Waals surface area contributed by atoms with Crippen molar-refractivity contribution in [1.29, 1.82) is 0 Å². The molecule has 2 atom stereocenters. The molecular formula is C8H18O2. The number of rotatable bonds is 5. The molecule has 0 aliphatic heterocycles. The number of aliphatic hydroxyl groups is 2. The van der Waals surface area contributed by atoms with Crippen LogP contribution in [0.3, 0.4) is 0 Å². The largest absolute Gasteiger partial charge is 0.396 e. The van der Waals surface area contributed by atoms with Crippen molar-refractivity contribution < 1.29 is 10.2 Å². The van der Waals surface area contributed by atoms with E-state index in [1.807, 2.05) is 0 Å². The van der Waals surface area contributed by atoms with E-state index < -0.39 is 0 Å². The van der Waals surface area contributed by atoms with E-state index >= 15 is 0 Å². The number of hydrogen-bond acceptors (Lipinski definition) is 2. The molecule has 2 N–H and O–H groups in total. The molecule has 2 unspecified atom stereocenters. The Morgan fingerprint density at radius 3 is 2.40 bits per heavy atom.